The fourth-order valence-electron chi connectivity index (χ4n) is 2.47. The minimum absolute atomic E-state index is 0.0729. The number of aromatic hydroxyl groups is 1. The summed E-state index contributed by atoms with van der Waals surface area (Å²) in [4.78, 5) is 13.9. The molecule has 0 aromatic heterocycles. The van der Waals surface area contributed by atoms with Gasteiger partial charge in [-0.05, 0) is 17.7 Å². The molecule has 1 heterocycles. The molecule has 1 amide bonds. The van der Waals surface area contributed by atoms with Gasteiger partial charge >= 0.3 is 0 Å². The van der Waals surface area contributed by atoms with Crippen LogP contribution in [0.3, 0.4) is 0 Å². The van der Waals surface area contributed by atoms with Gasteiger partial charge in [-0.15, -0.1) is 0 Å². The molecule has 0 unspecified atom stereocenters. The van der Waals surface area contributed by atoms with Crippen molar-refractivity contribution >= 4 is 11.6 Å². The lowest BCUT2D eigenvalue weighted by Crippen LogP contribution is -2.45. The number of ether oxygens (including phenoxy) is 1. The third kappa shape index (κ3) is 2.32. The molecule has 0 spiro atoms. The Labute approximate surface area is 122 Å². The van der Waals surface area contributed by atoms with Gasteiger partial charge in [-0.25, -0.2) is 0 Å². The number of carbonyl (C=O) groups excluding carboxylic acids is 1. The number of hydrogen-bond acceptors (Lipinski definition) is 4. The Morgan fingerprint density at radius 2 is 1.90 bits per heavy atom. The van der Waals surface area contributed by atoms with Crippen molar-refractivity contribution in [2.24, 2.45) is 5.73 Å². The van der Waals surface area contributed by atoms with Gasteiger partial charge in [0.25, 0.3) is 0 Å². The number of fused-ring (bicyclic) bond motifs is 1. The van der Waals surface area contributed by atoms with Crippen LogP contribution in [0.15, 0.2) is 48.5 Å². The Kier molecular flexibility index (Phi) is 3.27. The number of rotatable bonds is 1. The molecule has 5 heteroatoms. The van der Waals surface area contributed by atoms with Crippen LogP contribution in [0.1, 0.15) is 11.7 Å². The first-order chi connectivity index (χ1) is 10.1. The lowest BCUT2D eigenvalue weighted by molar-refractivity contribution is -0.121. The van der Waals surface area contributed by atoms with Crippen LogP contribution in [0.25, 0.3) is 0 Å². The van der Waals surface area contributed by atoms with E-state index >= 15 is 0 Å². The third-order valence-electron chi connectivity index (χ3n) is 3.63. The van der Waals surface area contributed by atoms with Crippen molar-refractivity contribution in [1.29, 1.82) is 0 Å². The zero-order valence-corrected chi connectivity index (χ0v) is 11.6. The molecule has 2 atom stereocenters. The highest BCUT2D eigenvalue weighted by molar-refractivity contribution is 5.99. The van der Waals surface area contributed by atoms with Gasteiger partial charge in [0.1, 0.15) is 23.6 Å². The summed E-state index contributed by atoms with van der Waals surface area (Å²) in [6.45, 7) is 0. The number of benzene rings is 2. The van der Waals surface area contributed by atoms with Gasteiger partial charge in [0.15, 0.2) is 0 Å². The maximum absolute atomic E-state index is 12.4. The largest absolute Gasteiger partial charge is 0.508 e. The predicted octanol–water partition coefficient (Wildman–Crippen LogP) is 1.82. The monoisotopic (exact) mass is 284 g/mol. The molecule has 0 saturated heterocycles. The van der Waals surface area contributed by atoms with E-state index in [9.17, 15) is 9.90 Å². The van der Waals surface area contributed by atoms with Gasteiger partial charge in [-0.2, -0.15) is 0 Å². The number of amides is 1. The molecule has 108 valence electrons. The van der Waals surface area contributed by atoms with Crippen LogP contribution in [0.5, 0.6) is 11.5 Å². The molecule has 3 rings (SSSR count). The zero-order valence-electron chi connectivity index (χ0n) is 11.6. The normalized spacial score (nSPS) is 21.4. The molecular weight excluding hydrogens is 268 g/mol. The summed E-state index contributed by atoms with van der Waals surface area (Å²) in [7, 11) is 1.62. The molecule has 0 radical (unpaired) electrons. The highest BCUT2D eigenvalue weighted by atomic mass is 16.5. The van der Waals surface area contributed by atoms with Crippen molar-refractivity contribution in [3.8, 4) is 11.5 Å². The topological polar surface area (TPSA) is 75.8 Å². The minimum Gasteiger partial charge on any atom is -0.508 e. The maximum atomic E-state index is 12.4. The van der Waals surface area contributed by atoms with E-state index in [0.29, 0.717) is 11.4 Å². The number of anilines is 1. The van der Waals surface area contributed by atoms with Crippen LogP contribution in [0, 0.1) is 0 Å². The molecule has 2 aromatic carbocycles. The van der Waals surface area contributed by atoms with E-state index in [1.807, 2.05) is 30.3 Å². The number of nitrogens with two attached hydrogens (primary N) is 1. The van der Waals surface area contributed by atoms with Crippen molar-refractivity contribution in [1.82, 2.24) is 0 Å². The van der Waals surface area contributed by atoms with Gasteiger partial charge in [0.2, 0.25) is 5.91 Å². The van der Waals surface area contributed by atoms with Crippen molar-refractivity contribution in [3.05, 3.63) is 54.1 Å². The van der Waals surface area contributed by atoms with Gasteiger partial charge in [-0.3, -0.25) is 4.79 Å². The van der Waals surface area contributed by atoms with Crippen LogP contribution in [-0.4, -0.2) is 24.1 Å². The summed E-state index contributed by atoms with van der Waals surface area (Å²) in [5.41, 5.74) is 7.43. The lowest BCUT2D eigenvalue weighted by atomic mass is 10.0. The molecule has 0 fully saturated rings. The van der Waals surface area contributed by atoms with Crippen molar-refractivity contribution in [3.63, 3.8) is 0 Å². The second-order valence-corrected chi connectivity index (χ2v) is 5.02. The number of likely N-dealkylation sites (N-methyl/N-ethyl adjacent to an activating group) is 1. The Morgan fingerprint density at radius 1 is 1.19 bits per heavy atom. The fraction of sp³-hybridized carbons (Fsp3) is 0.188. The van der Waals surface area contributed by atoms with Crippen molar-refractivity contribution in [2.45, 2.75) is 12.1 Å². The molecule has 1 aliphatic heterocycles. The van der Waals surface area contributed by atoms with E-state index in [0.717, 1.165) is 5.56 Å². The van der Waals surface area contributed by atoms with Gasteiger partial charge in [-0.1, -0.05) is 30.3 Å². The quantitative estimate of drug-likeness (QED) is 0.837. The Hall–Kier alpha value is -2.53. The number of phenolic OH excluding ortho intramolecular Hbond substituents is 1. The summed E-state index contributed by atoms with van der Waals surface area (Å²) < 4.78 is 5.95. The molecule has 0 aliphatic carbocycles. The van der Waals surface area contributed by atoms with Crippen LogP contribution < -0.4 is 15.4 Å². The summed E-state index contributed by atoms with van der Waals surface area (Å²) >= 11 is 0. The van der Waals surface area contributed by atoms with Crippen molar-refractivity contribution < 1.29 is 14.6 Å². The van der Waals surface area contributed by atoms with Crippen LogP contribution in [0.4, 0.5) is 5.69 Å². The SMILES string of the molecule is CN1C(=O)[C@@H](N)[C@@H](c2ccccc2)Oc2ccc(O)cc21. The first-order valence-corrected chi connectivity index (χ1v) is 6.65. The number of nitrogens with zero attached hydrogens (tertiary/aromatic N) is 1. The highest BCUT2D eigenvalue weighted by Crippen LogP contribution is 2.38. The van der Waals surface area contributed by atoms with Gasteiger partial charge in [0, 0.05) is 13.1 Å². The Bertz CT molecular complexity index is 672. The molecule has 0 saturated carbocycles. The number of hydrogen-bond donors (Lipinski definition) is 2. The van der Waals surface area contributed by atoms with E-state index < -0.39 is 12.1 Å². The van der Waals surface area contributed by atoms with Crippen molar-refractivity contribution in [2.75, 3.05) is 11.9 Å². The zero-order chi connectivity index (χ0) is 15.0. The average molecular weight is 284 g/mol. The average Bonchev–Trinajstić information content (AvgIpc) is 2.60. The first-order valence-electron chi connectivity index (χ1n) is 6.65. The molecule has 1 aliphatic rings. The molecule has 2 aromatic rings. The molecular formula is C16H16N2O3. The van der Waals surface area contributed by atoms with E-state index in [4.69, 9.17) is 10.5 Å². The van der Waals surface area contributed by atoms with E-state index in [1.165, 1.54) is 17.0 Å². The Balaban J connectivity index is 2.09. The van der Waals surface area contributed by atoms with Gasteiger partial charge in [0.05, 0.1) is 5.69 Å². The third-order valence-corrected chi connectivity index (χ3v) is 3.63. The molecule has 0 bridgehead atoms. The second kappa shape index (κ2) is 5.10. The van der Waals surface area contributed by atoms with E-state index in [1.54, 1.807) is 13.1 Å². The summed E-state index contributed by atoms with van der Waals surface area (Å²) in [6.07, 6.45) is -0.563. The summed E-state index contributed by atoms with van der Waals surface area (Å²) in [6, 6.07) is 13.3. The smallest absolute Gasteiger partial charge is 0.247 e. The van der Waals surface area contributed by atoms with E-state index in [-0.39, 0.29) is 11.7 Å². The highest BCUT2D eigenvalue weighted by Gasteiger charge is 2.35. The maximum Gasteiger partial charge on any atom is 0.247 e. The second-order valence-electron chi connectivity index (χ2n) is 5.02. The molecule has 5 nitrogen and oxygen atoms in total. The lowest BCUT2D eigenvalue weighted by Gasteiger charge is -2.22. The van der Waals surface area contributed by atoms with E-state index in [2.05, 4.69) is 0 Å². The van der Waals surface area contributed by atoms with Crippen LogP contribution in [-0.2, 0) is 4.79 Å². The minimum atomic E-state index is -0.813. The Morgan fingerprint density at radius 3 is 2.62 bits per heavy atom. The van der Waals surface area contributed by atoms with Gasteiger partial charge < -0.3 is 20.5 Å². The predicted molar refractivity (Wildman–Crippen MR) is 79.3 cm³/mol. The summed E-state index contributed by atoms with van der Waals surface area (Å²) in [5, 5.41) is 9.61. The number of carbonyl (C=O) groups is 1. The summed E-state index contributed by atoms with van der Waals surface area (Å²) in [5.74, 6) is 0.336. The fourth-order valence-corrected chi connectivity index (χ4v) is 2.47. The molecule has 21 heavy (non-hydrogen) atoms. The first kappa shape index (κ1) is 13.5. The molecule has 3 N–H and O–H groups in total. The number of phenols is 1. The standard InChI is InChI=1S/C16H16N2O3/c1-18-12-9-11(19)7-8-13(12)21-15(14(17)16(18)20)10-5-3-2-4-6-10/h2-9,14-15,19H,17H2,1H3/t14-,15+/m0/s1. The van der Waals surface area contributed by atoms with Crippen LogP contribution in [0.2, 0.25) is 0 Å². The van der Waals surface area contributed by atoms with Crippen LogP contribution >= 0.6 is 0 Å².